The van der Waals surface area contributed by atoms with Gasteiger partial charge in [0.1, 0.15) is 23.3 Å². The molecule has 1 aliphatic heterocycles. The zero-order valence-electron chi connectivity index (χ0n) is 20.6. The Morgan fingerprint density at radius 1 is 1.24 bits per heavy atom. The van der Waals surface area contributed by atoms with Gasteiger partial charge in [-0.2, -0.15) is 0 Å². The lowest BCUT2D eigenvalue weighted by atomic mass is 9.94. The van der Waals surface area contributed by atoms with E-state index in [1.54, 1.807) is 57.7 Å². The standard InChI is InChI=1S/C25H34FN3O4/c1-8-32-23(30)15(2)14-18-10-9-11-19(20(18)26)21-22-27-16(3)17(4)28(22)12-13-29(21)24(31)33-25(5,6)7/h9-11,15,21H,8,12-14H2,1-7H3. The van der Waals surface area contributed by atoms with Crippen molar-refractivity contribution >= 4 is 12.1 Å². The van der Waals surface area contributed by atoms with Crippen LogP contribution in [0.1, 0.15) is 69.0 Å². The van der Waals surface area contributed by atoms with Gasteiger partial charge in [0.05, 0.1) is 18.2 Å². The van der Waals surface area contributed by atoms with E-state index in [9.17, 15) is 9.59 Å². The summed E-state index contributed by atoms with van der Waals surface area (Å²) >= 11 is 0. The van der Waals surface area contributed by atoms with Crippen LogP contribution in [0.15, 0.2) is 18.2 Å². The molecule has 8 heteroatoms. The minimum absolute atomic E-state index is 0.199. The van der Waals surface area contributed by atoms with E-state index in [1.165, 1.54) is 0 Å². The fraction of sp³-hybridized carbons (Fsp3) is 0.560. The lowest BCUT2D eigenvalue weighted by Crippen LogP contribution is -2.45. The van der Waals surface area contributed by atoms with Gasteiger partial charge in [0, 0.05) is 24.3 Å². The molecule has 0 saturated carbocycles. The molecule has 0 saturated heterocycles. The van der Waals surface area contributed by atoms with Crippen molar-refractivity contribution in [3.8, 4) is 0 Å². The summed E-state index contributed by atoms with van der Waals surface area (Å²) in [7, 11) is 0. The lowest BCUT2D eigenvalue weighted by molar-refractivity contribution is -0.147. The second kappa shape index (κ2) is 9.53. The molecule has 2 atom stereocenters. The first-order valence-electron chi connectivity index (χ1n) is 11.4. The van der Waals surface area contributed by atoms with Gasteiger partial charge in [-0.3, -0.25) is 9.69 Å². The minimum Gasteiger partial charge on any atom is -0.466 e. The number of esters is 1. The Kier molecular flexibility index (Phi) is 7.14. The summed E-state index contributed by atoms with van der Waals surface area (Å²) in [5.41, 5.74) is 1.88. The molecule has 0 bridgehead atoms. The van der Waals surface area contributed by atoms with E-state index in [0.29, 0.717) is 30.0 Å². The highest BCUT2D eigenvalue weighted by Crippen LogP contribution is 2.36. The SMILES string of the molecule is CCOC(=O)C(C)Cc1cccc(C2c3nc(C)c(C)n3CCN2C(=O)OC(C)(C)C)c1F. The third-order valence-corrected chi connectivity index (χ3v) is 5.85. The van der Waals surface area contributed by atoms with E-state index >= 15 is 4.39 Å². The first-order valence-corrected chi connectivity index (χ1v) is 11.4. The van der Waals surface area contributed by atoms with Crippen molar-refractivity contribution in [3.63, 3.8) is 0 Å². The summed E-state index contributed by atoms with van der Waals surface area (Å²) in [4.78, 5) is 31.5. The van der Waals surface area contributed by atoms with Gasteiger partial charge in [-0.25, -0.2) is 14.2 Å². The topological polar surface area (TPSA) is 73.7 Å². The Labute approximate surface area is 194 Å². The van der Waals surface area contributed by atoms with Gasteiger partial charge in [0.15, 0.2) is 0 Å². The summed E-state index contributed by atoms with van der Waals surface area (Å²) in [6.07, 6.45) is -0.314. The van der Waals surface area contributed by atoms with Crippen LogP contribution in [0.5, 0.6) is 0 Å². The van der Waals surface area contributed by atoms with Gasteiger partial charge < -0.3 is 14.0 Å². The molecule has 0 spiro atoms. The monoisotopic (exact) mass is 459 g/mol. The Balaban J connectivity index is 2.05. The number of amides is 1. The molecular formula is C25H34FN3O4. The lowest BCUT2D eigenvalue weighted by Gasteiger charge is -2.37. The molecule has 1 amide bonds. The van der Waals surface area contributed by atoms with Crippen molar-refractivity contribution < 1.29 is 23.5 Å². The number of nitrogens with zero attached hydrogens (tertiary/aromatic N) is 3. The van der Waals surface area contributed by atoms with Gasteiger partial charge in [-0.05, 0) is 53.5 Å². The molecule has 0 fully saturated rings. The molecular weight excluding hydrogens is 425 g/mol. The molecule has 2 aromatic rings. The Morgan fingerprint density at radius 2 is 1.94 bits per heavy atom. The van der Waals surface area contributed by atoms with Crippen LogP contribution in [-0.2, 0) is 27.2 Å². The average Bonchev–Trinajstić information content (AvgIpc) is 3.02. The van der Waals surface area contributed by atoms with Crippen molar-refractivity contribution in [3.05, 3.63) is 52.4 Å². The van der Waals surface area contributed by atoms with Crippen molar-refractivity contribution in [2.24, 2.45) is 5.92 Å². The predicted octanol–water partition coefficient (Wildman–Crippen LogP) is 4.72. The highest BCUT2D eigenvalue weighted by molar-refractivity contribution is 5.72. The average molecular weight is 460 g/mol. The van der Waals surface area contributed by atoms with Crippen LogP contribution in [0, 0.1) is 25.6 Å². The Bertz CT molecular complexity index is 1040. The van der Waals surface area contributed by atoms with E-state index < -0.39 is 29.5 Å². The van der Waals surface area contributed by atoms with E-state index in [0.717, 1.165) is 11.4 Å². The number of halogens is 1. The van der Waals surface area contributed by atoms with E-state index in [-0.39, 0.29) is 19.0 Å². The second-order valence-corrected chi connectivity index (χ2v) is 9.55. The van der Waals surface area contributed by atoms with Crippen LogP contribution in [0.4, 0.5) is 9.18 Å². The maximum absolute atomic E-state index is 15.9. The first kappa shape index (κ1) is 24.7. The molecule has 0 aliphatic carbocycles. The van der Waals surface area contributed by atoms with Crippen LogP contribution >= 0.6 is 0 Å². The predicted molar refractivity (Wildman–Crippen MR) is 122 cm³/mol. The zero-order chi connectivity index (χ0) is 24.5. The molecule has 2 heterocycles. The third kappa shape index (κ3) is 5.20. The number of hydrogen-bond donors (Lipinski definition) is 0. The molecule has 180 valence electrons. The number of imidazole rings is 1. The summed E-state index contributed by atoms with van der Waals surface area (Å²) < 4.78 is 28.6. The highest BCUT2D eigenvalue weighted by atomic mass is 19.1. The maximum atomic E-state index is 15.9. The number of benzene rings is 1. The number of ether oxygens (including phenoxy) is 2. The number of rotatable bonds is 5. The number of fused-ring (bicyclic) bond motifs is 1. The summed E-state index contributed by atoms with van der Waals surface area (Å²) in [5, 5.41) is 0. The van der Waals surface area contributed by atoms with Gasteiger partial charge in [0.2, 0.25) is 0 Å². The normalized spacial score (nSPS) is 16.8. The largest absolute Gasteiger partial charge is 0.466 e. The second-order valence-electron chi connectivity index (χ2n) is 9.55. The highest BCUT2D eigenvalue weighted by Gasteiger charge is 2.39. The van der Waals surface area contributed by atoms with E-state index in [1.807, 2.05) is 18.4 Å². The van der Waals surface area contributed by atoms with Gasteiger partial charge in [-0.15, -0.1) is 0 Å². The minimum atomic E-state index is -0.737. The quantitative estimate of drug-likeness (QED) is 0.605. The molecule has 1 aromatic carbocycles. The van der Waals surface area contributed by atoms with Gasteiger partial charge in [0.25, 0.3) is 0 Å². The Morgan fingerprint density at radius 3 is 2.58 bits per heavy atom. The number of aromatic nitrogens is 2. The summed E-state index contributed by atoms with van der Waals surface area (Å²) in [6, 6.07) is 4.35. The van der Waals surface area contributed by atoms with E-state index in [2.05, 4.69) is 0 Å². The van der Waals surface area contributed by atoms with E-state index in [4.69, 9.17) is 14.5 Å². The molecule has 1 aromatic heterocycles. The molecule has 33 heavy (non-hydrogen) atoms. The van der Waals surface area contributed by atoms with Crippen molar-refractivity contribution in [2.45, 2.75) is 73.1 Å². The molecule has 0 N–H and O–H groups in total. The first-order chi connectivity index (χ1) is 15.4. The van der Waals surface area contributed by atoms with Crippen LogP contribution in [-0.4, -0.2) is 45.3 Å². The number of carbonyl (C=O) groups excluding carboxylic acids is 2. The number of aryl methyl sites for hydroxylation is 1. The number of carbonyl (C=O) groups is 2. The molecule has 3 rings (SSSR count). The zero-order valence-corrected chi connectivity index (χ0v) is 20.6. The maximum Gasteiger partial charge on any atom is 0.411 e. The van der Waals surface area contributed by atoms with Crippen LogP contribution in [0.3, 0.4) is 0 Å². The summed E-state index contributed by atoms with van der Waals surface area (Å²) in [5.74, 6) is -0.692. The molecule has 0 radical (unpaired) electrons. The molecule has 7 nitrogen and oxygen atoms in total. The fourth-order valence-corrected chi connectivity index (χ4v) is 4.14. The van der Waals surface area contributed by atoms with Crippen molar-refractivity contribution in [2.75, 3.05) is 13.2 Å². The van der Waals surface area contributed by atoms with Crippen molar-refractivity contribution in [1.29, 1.82) is 0 Å². The van der Waals surface area contributed by atoms with Crippen molar-refractivity contribution in [1.82, 2.24) is 14.5 Å². The Hall–Kier alpha value is -2.90. The van der Waals surface area contributed by atoms with Crippen LogP contribution in [0.2, 0.25) is 0 Å². The smallest absolute Gasteiger partial charge is 0.411 e. The third-order valence-electron chi connectivity index (χ3n) is 5.85. The molecule has 2 unspecified atom stereocenters. The molecule has 1 aliphatic rings. The van der Waals surface area contributed by atoms with Crippen LogP contribution in [0.25, 0.3) is 0 Å². The van der Waals surface area contributed by atoms with Gasteiger partial charge >= 0.3 is 12.1 Å². The van der Waals surface area contributed by atoms with Gasteiger partial charge in [-0.1, -0.05) is 25.1 Å². The summed E-state index contributed by atoms with van der Waals surface area (Å²) in [6.45, 7) is 13.9. The van der Waals surface area contributed by atoms with Crippen LogP contribution < -0.4 is 0 Å². The number of hydrogen-bond acceptors (Lipinski definition) is 5. The fourth-order valence-electron chi connectivity index (χ4n) is 4.14.